The molecule has 0 spiro atoms. The Balaban J connectivity index is 1.84. The molecule has 2 nitrogen and oxygen atoms in total. The molecule has 0 radical (unpaired) electrons. The van der Waals surface area contributed by atoms with Gasteiger partial charge in [0, 0.05) is 12.5 Å². The van der Waals surface area contributed by atoms with E-state index in [0.29, 0.717) is 5.92 Å². The Morgan fingerprint density at radius 3 is 2.82 bits per heavy atom. The van der Waals surface area contributed by atoms with E-state index in [4.69, 9.17) is 4.74 Å². The summed E-state index contributed by atoms with van der Waals surface area (Å²) in [5.74, 6) is 0.140. The van der Waals surface area contributed by atoms with Crippen LogP contribution in [-0.4, -0.2) is 19.7 Å². The first-order chi connectivity index (χ1) is 10.8. The number of nitrogens with one attached hydrogen (secondary N) is 1. The SMILES string of the molecule is CNC[C@H]1CC2c3ccccc3Cc3ccc(F)cc3C2O1. The van der Waals surface area contributed by atoms with Crippen LogP contribution in [0.2, 0.25) is 0 Å². The highest BCUT2D eigenvalue weighted by Crippen LogP contribution is 2.49. The molecule has 1 heterocycles. The number of benzene rings is 2. The summed E-state index contributed by atoms with van der Waals surface area (Å²) in [4.78, 5) is 0. The molecule has 2 aromatic rings. The van der Waals surface area contributed by atoms with Gasteiger partial charge in [-0.25, -0.2) is 4.39 Å². The third kappa shape index (κ3) is 2.25. The van der Waals surface area contributed by atoms with Crippen molar-refractivity contribution < 1.29 is 9.13 Å². The summed E-state index contributed by atoms with van der Waals surface area (Å²) in [5.41, 5.74) is 4.92. The molecule has 3 atom stereocenters. The zero-order valence-corrected chi connectivity index (χ0v) is 12.7. The van der Waals surface area contributed by atoms with Gasteiger partial charge in [-0.05, 0) is 54.3 Å². The molecule has 2 aliphatic rings. The number of halogens is 1. The van der Waals surface area contributed by atoms with Crippen molar-refractivity contribution in [3.63, 3.8) is 0 Å². The Labute approximate surface area is 130 Å². The molecular formula is C19H20FNO. The van der Waals surface area contributed by atoms with E-state index in [0.717, 1.165) is 24.9 Å². The Morgan fingerprint density at radius 1 is 1.14 bits per heavy atom. The van der Waals surface area contributed by atoms with Crippen LogP contribution in [0.25, 0.3) is 0 Å². The quantitative estimate of drug-likeness (QED) is 0.915. The second kappa shape index (κ2) is 5.49. The number of hydrogen-bond acceptors (Lipinski definition) is 2. The number of rotatable bonds is 2. The van der Waals surface area contributed by atoms with Gasteiger partial charge in [-0.2, -0.15) is 0 Å². The van der Waals surface area contributed by atoms with Gasteiger partial charge in [-0.15, -0.1) is 0 Å². The minimum Gasteiger partial charge on any atom is -0.368 e. The standard InChI is InChI=1S/C19H20FNO/c1-21-11-15-10-18-16-5-3-2-4-12(16)8-13-6-7-14(20)9-17(13)19(18)22-15/h2-7,9,15,18-19,21H,8,10-11H2,1H3/t15-,18?,19?/m1/s1. The highest BCUT2D eigenvalue weighted by Gasteiger charge is 2.40. The fraction of sp³-hybridized carbons (Fsp3) is 0.368. The van der Waals surface area contributed by atoms with Crippen LogP contribution in [0.5, 0.6) is 0 Å². The van der Waals surface area contributed by atoms with Crippen LogP contribution in [0, 0.1) is 5.82 Å². The minimum absolute atomic E-state index is 0.0345. The summed E-state index contributed by atoms with van der Waals surface area (Å²) < 4.78 is 20.1. The van der Waals surface area contributed by atoms with Crippen LogP contribution in [0.1, 0.15) is 40.7 Å². The molecule has 2 aromatic carbocycles. The van der Waals surface area contributed by atoms with Gasteiger partial charge >= 0.3 is 0 Å². The van der Waals surface area contributed by atoms with E-state index in [1.165, 1.54) is 16.7 Å². The summed E-state index contributed by atoms with van der Waals surface area (Å²) >= 11 is 0. The van der Waals surface area contributed by atoms with Crippen LogP contribution < -0.4 is 5.32 Å². The van der Waals surface area contributed by atoms with Crippen molar-refractivity contribution >= 4 is 0 Å². The van der Waals surface area contributed by atoms with Crippen molar-refractivity contribution in [2.24, 2.45) is 0 Å². The van der Waals surface area contributed by atoms with Crippen molar-refractivity contribution in [3.05, 3.63) is 70.5 Å². The molecule has 4 rings (SSSR count). The van der Waals surface area contributed by atoms with Crippen molar-refractivity contribution in [1.82, 2.24) is 5.32 Å². The minimum atomic E-state index is -0.177. The average molecular weight is 297 g/mol. The van der Waals surface area contributed by atoms with Gasteiger partial charge in [-0.1, -0.05) is 30.3 Å². The maximum atomic E-state index is 13.8. The van der Waals surface area contributed by atoms with E-state index in [-0.39, 0.29) is 18.0 Å². The van der Waals surface area contributed by atoms with Crippen LogP contribution in [0.4, 0.5) is 4.39 Å². The molecule has 0 aromatic heterocycles. The maximum absolute atomic E-state index is 13.8. The van der Waals surface area contributed by atoms with Crippen LogP contribution >= 0.6 is 0 Å². The van der Waals surface area contributed by atoms with Crippen molar-refractivity contribution in [2.75, 3.05) is 13.6 Å². The van der Waals surface area contributed by atoms with Crippen LogP contribution in [0.3, 0.4) is 0 Å². The largest absolute Gasteiger partial charge is 0.368 e. The van der Waals surface area contributed by atoms with Crippen molar-refractivity contribution in [2.45, 2.75) is 31.0 Å². The summed E-state index contributed by atoms with van der Waals surface area (Å²) in [7, 11) is 1.94. The molecule has 1 aliphatic heterocycles. The van der Waals surface area contributed by atoms with E-state index in [2.05, 4.69) is 29.6 Å². The molecule has 22 heavy (non-hydrogen) atoms. The van der Waals surface area contributed by atoms with Gasteiger partial charge in [0.25, 0.3) is 0 Å². The normalized spacial score (nSPS) is 26.0. The molecular weight excluding hydrogens is 277 g/mol. The van der Waals surface area contributed by atoms with Gasteiger partial charge in [0.2, 0.25) is 0 Å². The number of hydrogen-bond donors (Lipinski definition) is 1. The Hall–Kier alpha value is -1.71. The van der Waals surface area contributed by atoms with E-state index in [1.54, 1.807) is 12.1 Å². The fourth-order valence-electron chi connectivity index (χ4n) is 3.96. The first kappa shape index (κ1) is 13.9. The van der Waals surface area contributed by atoms with Gasteiger partial charge in [0.05, 0.1) is 12.2 Å². The van der Waals surface area contributed by atoms with E-state index >= 15 is 0 Å². The number of fused-ring (bicyclic) bond motifs is 5. The van der Waals surface area contributed by atoms with Gasteiger partial charge in [0.1, 0.15) is 5.82 Å². The summed E-state index contributed by atoms with van der Waals surface area (Å²) in [6, 6.07) is 13.7. The molecule has 0 amide bonds. The predicted octanol–water partition coefficient (Wildman–Crippen LogP) is 3.56. The van der Waals surface area contributed by atoms with Crippen molar-refractivity contribution in [3.8, 4) is 0 Å². The third-order valence-corrected chi connectivity index (χ3v) is 4.90. The number of likely N-dealkylation sites (N-methyl/N-ethyl adjacent to an activating group) is 1. The monoisotopic (exact) mass is 297 g/mol. The summed E-state index contributed by atoms with van der Waals surface area (Å²) in [6.07, 6.45) is 1.99. The van der Waals surface area contributed by atoms with Crippen LogP contribution in [0.15, 0.2) is 42.5 Å². The topological polar surface area (TPSA) is 21.3 Å². The molecule has 0 saturated carbocycles. The lowest BCUT2D eigenvalue weighted by atomic mass is 9.87. The smallest absolute Gasteiger partial charge is 0.123 e. The molecule has 3 heteroatoms. The molecule has 2 unspecified atom stereocenters. The Bertz CT molecular complexity index is 700. The number of ether oxygens (including phenoxy) is 1. The molecule has 1 aliphatic carbocycles. The zero-order chi connectivity index (χ0) is 15.1. The van der Waals surface area contributed by atoms with E-state index < -0.39 is 0 Å². The first-order valence-corrected chi connectivity index (χ1v) is 7.92. The average Bonchev–Trinajstić information content (AvgIpc) is 2.89. The van der Waals surface area contributed by atoms with Crippen molar-refractivity contribution in [1.29, 1.82) is 0 Å². The first-order valence-electron chi connectivity index (χ1n) is 7.92. The predicted molar refractivity (Wildman–Crippen MR) is 84.5 cm³/mol. The molecule has 1 N–H and O–H groups in total. The summed E-state index contributed by atoms with van der Waals surface area (Å²) in [5, 5.41) is 3.20. The molecule has 1 saturated heterocycles. The van der Waals surface area contributed by atoms with Gasteiger partial charge < -0.3 is 10.1 Å². The molecule has 0 bridgehead atoms. The second-order valence-corrected chi connectivity index (χ2v) is 6.30. The zero-order valence-electron chi connectivity index (χ0n) is 12.7. The van der Waals surface area contributed by atoms with E-state index in [9.17, 15) is 4.39 Å². The molecule has 1 fully saturated rings. The lowest BCUT2D eigenvalue weighted by Crippen LogP contribution is -2.23. The Kier molecular flexibility index (Phi) is 3.47. The lowest BCUT2D eigenvalue weighted by molar-refractivity contribution is 0.0417. The third-order valence-electron chi connectivity index (χ3n) is 4.90. The van der Waals surface area contributed by atoms with E-state index in [1.807, 2.05) is 13.1 Å². The maximum Gasteiger partial charge on any atom is 0.123 e. The molecule has 114 valence electrons. The highest BCUT2D eigenvalue weighted by molar-refractivity contribution is 5.45. The summed E-state index contributed by atoms with van der Waals surface area (Å²) in [6.45, 7) is 0.833. The van der Waals surface area contributed by atoms with Crippen LogP contribution in [-0.2, 0) is 11.2 Å². The second-order valence-electron chi connectivity index (χ2n) is 6.30. The Morgan fingerprint density at radius 2 is 1.95 bits per heavy atom. The highest BCUT2D eigenvalue weighted by atomic mass is 19.1. The lowest BCUT2D eigenvalue weighted by Gasteiger charge is -2.19. The van der Waals surface area contributed by atoms with Gasteiger partial charge in [0.15, 0.2) is 0 Å². The fourth-order valence-corrected chi connectivity index (χ4v) is 3.96. The van der Waals surface area contributed by atoms with Gasteiger partial charge in [-0.3, -0.25) is 0 Å².